The van der Waals surface area contributed by atoms with E-state index in [1.165, 1.54) is 6.20 Å². The van der Waals surface area contributed by atoms with E-state index in [9.17, 15) is 18.0 Å². The van der Waals surface area contributed by atoms with E-state index in [1.54, 1.807) is 12.1 Å². The fourth-order valence-electron chi connectivity index (χ4n) is 2.45. The van der Waals surface area contributed by atoms with Gasteiger partial charge in [0.2, 0.25) is 0 Å². The summed E-state index contributed by atoms with van der Waals surface area (Å²) in [6.45, 7) is 0.432. The Labute approximate surface area is 174 Å². The molecule has 0 saturated carbocycles. The van der Waals surface area contributed by atoms with Crippen LogP contribution in [0.2, 0.25) is 5.02 Å². The minimum absolute atomic E-state index is 0.136. The zero-order valence-electron chi connectivity index (χ0n) is 14.9. The van der Waals surface area contributed by atoms with E-state index in [-0.39, 0.29) is 16.0 Å². The van der Waals surface area contributed by atoms with Gasteiger partial charge in [-0.2, -0.15) is 13.2 Å². The number of hydrogen-bond acceptors (Lipinski definition) is 4. The first-order chi connectivity index (χ1) is 13.8. The summed E-state index contributed by atoms with van der Waals surface area (Å²) in [5, 5.41) is 3.10. The van der Waals surface area contributed by atoms with Gasteiger partial charge in [-0.15, -0.1) is 0 Å². The zero-order chi connectivity index (χ0) is 20.9. The van der Waals surface area contributed by atoms with Gasteiger partial charge in [-0.1, -0.05) is 41.9 Å². The summed E-state index contributed by atoms with van der Waals surface area (Å²) in [7, 11) is 0. The Morgan fingerprint density at radius 3 is 2.52 bits per heavy atom. The molecule has 0 spiro atoms. The molecule has 2 heterocycles. The van der Waals surface area contributed by atoms with Gasteiger partial charge >= 0.3 is 6.18 Å². The number of nitrogens with one attached hydrogen (secondary N) is 1. The molecular formula is C20H15ClF3N3OS. The Balaban J connectivity index is 1.71. The Bertz CT molecular complexity index is 1000. The average Bonchev–Trinajstić information content (AvgIpc) is 2.70. The Kier molecular flexibility index (Phi) is 6.76. The Morgan fingerprint density at radius 1 is 1.07 bits per heavy atom. The summed E-state index contributed by atoms with van der Waals surface area (Å²) in [6.07, 6.45) is -1.67. The number of carbonyl (C=O) groups is 1. The van der Waals surface area contributed by atoms with Crippen molar-refractivity contribution in [3.63, 3.8) is 0 Å². The number of pyridine rings is 2. The molecular weight excluding hydrogens is 423 g/mol. The molecule has 1 amide bonds. The molecule has 0 aliphatic carbocycles. The van der Waals surface area contributed by atoms with Crippen LogP contribution in [0, 0.1) is 0 Å². The third-order valence-corrected chi connectivity index (χ3v) is 5.32. The second-order valence-corrected chi connectivity index (χ2v) is 7.34. The molecule has 2 aromatic heterocycles. The molecule has 29 heavy (non-hydrogen) atoms. The second kappa shape index (κ2) is 9.28. The molecule has 0 atom stereocenters. The predicted molar refractivity (Wildman–Crippen MR) is 105 cm³/mol. The number of rotatable bonds is 6. The first kappa shape index (κ1) is 21.1. The number of aromatic nitrogens is 2. The van der Waals surface area contributed by atoms with Crippen LogP contribution in [0.3, 0.4) is 0 Å². The van der Waals surface area contributed by atoms with Crippen LogP contribution in [-0.4, -0.2) is 22.4 Å². The van der Waals surface area contributed by atoms with Crippen LogP contribution in [0.4, 0.5) is 13.2 Å². The van der Waals surface area contributed by atoms with E-state index in [4.69, 9.17) is 11.6 Å². The normalized spacial score (nSPS) is 11.3. The molecule has 3 aromatic rings. The van der Waals surface area contributed by atoms with Crippen LogP contribution in [0.15, 0.2) is 71.0 Å². The summed E-state index contributed by atoms with van der Waals surface area (Å²) in [5.41, 5.74) is 0.449. The quantitative estimate of drug-likeness (QED) is 0.570. The highest BCUT2D eigenvalue weighted by Gasteiger charge is 2.31. The van der Waals surface area contributed by atoms with Gasteiger partial charge in [-0.25, -0.2) is 9.97 Å². The monoisotopic (exact) mass is 437 g/mol. The lowest BCUT2D eigenvalue weighted by molar-refractivity contribution is -0.137. The van der Waals surface area contributed by atoms with Gasteiger partial charge in [0.1, 0.15) is 10.1 Å². The number of benzene rings is 1. The average molecular weight is 438 g/mol. The summed E-state index contributed by atoms with van der Waals surface area (Å²) >= 11 is 6.89. The maximum absolute atomic E-state index is 12.8. The summed E-state index contributed by atoms with van der Waals surface area (Å²) in [5.74, 6) is -0.334. The van der Waals surface area contributed by atoms with E-state index in [0.717, 1.165) is 23.4 Å². The van der Waals surface area contributed by atoms with Crippen molar-refractivity contribution in [2.24, 2.45) is 0 Å². The van der Waals surface area contributed by atoms with Crippen molar-refractivity contribution in [3.8, 4) is 0 Å². The second-order valence-electron chi connectivity index (χ2n) is 5.96. The van der Waals surface area contributed by atoms with E-state index in [1.807, 2.05) is 30.3 Å². The molecule has 1 N–H and O–H groups in total. The molecule has 0 unspecified atom stereocenters. The van der Waals surface area contributed by atoms with Crippen LogP contribution < -0.4 is 5.32 Å². The number of nitrogens with zero attached hydrogens (tertiary/aromatic N) is 2. The molecule has 9 heteroatoms. The van der Waals surface area contributed by atoms with Gasteiger partial charge in [0, 0.05) is 18.9 Å². The van der Waals surface area contributed by atoms with E-state index < -0.39 is 11.7 Å². The van der Waals surface area contributed by atoms with E-state index in [2.05, 4.69) is 15.3 Å². The van der Waals surface area contributed by atoms with Crippen molar-refractivity contribution < 1.29 is 18.0 Å². The third kappa shape index (κ3) is 5.71. The predicted octanol–water partition coefficient (Wildman–Crippen LogP) is 5.27. The van der Waals surface area contributed by atoms with Gasteiger partial charge in [0.15, 0.2) is 0 Å². The SMILES string of the molecule is O=C(NCCc1ccccc1)c1cccnc1Sc1ncc(C(F)(F)F)cc1Cl. The Morgan fingerprint density at radius 2 is 1.83 bits per heavy atom. The molecule has 0 fully saturated rings. The van der Waals surface area contributed by atoms with E-state index in [0.29, 0.717) is 29.8 Å². The summed E-state index contributed by atoms with van der Waals surface area (Å²) < 4.78 is 38.3. The number of alkyl halides is 3. The van der Waals surface area contributed by atoms with Crippen LogP contribution in [0.25, 0.3) is 0 Å². The lowest BCUT2D eigenvalue weighted by Gasteiger charge is -2.11. The van der Waals surface area contributed by atoms with Crippen LogP contribution in [0.1, 0.15) is 21.5 Å². The molecule has 3 rings (SSSR count). The van der Waals surface area contributed by atoms with Crippen LogP contribution in [0.5, 0.6) is 0 Å². The van der Waals surface area contributed by atoms with E-state index >= 15 is 0 Å². The van der Waals surface area contributed by atoms with Crippen molar-refractivity contribution in [3.05, 3.63) is 82.6 Å². The maximum atomic E-state index is 12.8. The van der Waals surface area contributed by atoms with Crippen molar-refractivity contribution >= 4 is 29.3 Å². The highest BCUT2D eigenvalue weighted by atomic mass is 35.5. The van der Waals surface area contributed by atoms with Crippen LogP contribution in [-0.2, 0) is 12.6 Å². The largest absolute Gasteiger partial charge is 0.417 e. The number of amides is 1. The Hall–Kier alpha value is -2.58. The molecule has 0 saturated heterocycles. The first-order valence-electron chi connectivity index (χ1n) is 8.52. The molecule has 150 valence electrons. The molecule has 0 aliphatic rings. The fourth-order valence-corrected chi connectivity index (χ4v) is 3.56. The lowest BCUT2D eigenvalue weighted by atomic mass is 10.1. The molecule has 0 bridgehead atoms. The number of hydrogen-bond donors (Lipinski definition) is 1. The number of carbonyl (C=O) groups excluding carboxylic acids is 1. The first-order valence-corrected chi connectivity index (χ1v) is 9.72. The number of halogens is 4. The van der Waals surface area contributed by atoms with Crippen LogP contribution >= 0.6 is 23.4 Å². The zero-order valence-corrected chi connectivity index (χ0v) is 16.5. The minimum Gasteiger partial charge on any atom is -0.352 e. The smallest absolute Gasteiger partial charge is 0.352 e. The van der Waals surface area contributed by atoms with Gasteiger partial charge < -0.3 is 5.32 Å². The fraction of sp³-hybridized carbons (Fsp3) is 0.150. The minimum atomic E-state index is -4.53. The molecule has 1 aromatic carbocycles. The summed E-state index contributed by atoms with van der Waals surface area (Å²) in [4.78, 5) is 20.5. The maximum Gasteiger partial charge on any atom is 0.417 e. The van der Waals surface area contributed by atoms with Gasteiger partial charge in [-0.05, 0) is 41.9 Å². The highest BCUT2D eigenvalue weighted by Crippen LogP contribution is 2.36. The van der Waals surface area contributed by atoms with Gasteiger partial charge in [-0.3, -0.25) is 4.79 Å². The van der Waals surface area contributed by atoms with Crippen molar-refractivity contribution in [2.75, 3.05) is 6.54 Å². The molecule has 0 radical (unpaired) electrons. The molecule has 4 nitrogen and oxygen atoms in total. The summed E-state index contributed by atoms with van der Waals surface area (Å²) in [6, 6.07) is 13.7. The van der Waals surface area contributed by atoms with Crippen molar-refractivity contribution in [1.29, 1.82) is 0 Å². The lowest BCUT2D eigenvalue weighted by Crippen LogP contribution is -2.26. The van der Waals surface area contributed by atoms with Gasteiger partial charge in [0.05, 0.1) is 16.1 Å². The molecule has 0 aliphatic heterocycles. The highest BCUT2D eigenvalue weighted by molar-refractivity contribution is 7.99. The standard InChI is InChI=1S/C20H15ClF3N3OS/c21-16-11-14(20(22,23)24)12-27-19(16)29-18-15(7-4-9-26-18)17(28)25-10-8-13-5-2-1-3-6-13/h1-7,9,11-12H,8,10H2,(H,25,28). The van der Waals surface area contributed by atoms with Crippen molar-refractivity contribution in [1.82, 2.24) is 15.3 Å². The van der Waals surface area contributed by atoms with Crippen molar-refractivity contribution in [2.45, 2.75) is 22.6 Å². The van der Waals surface area contributed by atoms with Gasteiger partial charge in [0.25, 0.3) is 5.91 Å². The third-order valence-electron chi connectivity index (χ3n) is 3.89. The topological polar surface area (TPSA) is 54.9 Å².